The molecule has 0 aromatic heterocycles. The third kappa shape index (κ3) is 4.87. The summed E-state index contributed by atoms with van der Waals surface area (Å²) in [4.78, 5) is 0. The molecule has 4 heteroatoms. The Balaban J connectivity index is 0.000000282. The quantitative estimate of drug-likeness (QED) is 0.455. The van der Waals surface area contributed by atoms with Crippen molar-refractivity contribution in [3.8, 4) is 22.6 Å². The second kappa shape index (κ2) is 10.00. The van der Waals surface area contributed by atoms with Crippen LogP contribution in [0.25, 0.3) is 11.1 Å². The van der Waals surface area contributed by atoms with Crippen LogP contribution in [-0.2, 0) is 12.8 Å². The van der Waals surface area contributed by atoms with Gasteiger partial charge in [-0.2, -0.15) is 0 Å². The van der Waals surface area contributed by atoms with Gasteiger partial charge in [0.05, 0.1) is 20.8 Å². The Morgan fingerprint density at radius 3 is 2.31 bits per heavy atom. The number of hydrogen-bond donors (Lipinski definition) is 2. The lowest BCUT2D eigenvalue weighted by Gasteiger charge is -2.16. The molecule has 2 N–H and O–H groups in total. The van der Waals surface area contributed by atoms with Crippen LogP contribution in [0.5, 0.6) is 11.5 Å². The van der Waals surface area contributed by atoms with Gasteiger partial charge in [0.1, 0.15) is 0 Å². The van der Waals surface area contributed by atoms with E-state index in [1.54, 1.807) is 14.2 Å². The average molecular weight is 355 g/mol. The summed E-state index contributed by atoms with van der Waals surface area (Å²) in [5.74, 6) is 1.52. The highest BCUT2D eigenvalue weighted by Gasteiger charge is 2.17. The lowest BCUT2D eigenvalue weighted by atomic mass is 10.00. The fourth-order valence-corrected chi connectivity index (χ4v) is 3.05. The zero-order valence-corrected chi connectivity index (χ0v) is 16.0. The van der Waals surface area contributed by atoms with Crippen molar-refractivity contribution in [2.45, 2.75) is 19.8 Å². The van der Waals surface area contributed by atoms with Crippen molar-refractivity contribution >= 4 is 0 Å². The highest BCUT2D eigenvalue weighted by atomic mass is 16.5. The first kappa shape index (κ1) is 20.0. The van der Waals surface area contributed by atoms with E-state index in [9.17, 15) is 0 Å². The lowest BCUT2D eigenvalue weighted by Crippen LogP contribution is -2.21. The fraction of sp³-hybridized carbons (Fsp3) is 0.364. The van der Waals surface area contributed by atoms with Gasteiger partial charge in [-0.3, -0.25) is 0 Å². The first-order valence-corrected chi connectivity index (χ1v) is 8.93. The highest BCUT2D eigenvalue weighted by Crippen LogP contribution is 2.41. The third-order valence-electron chi connectivity index (χ3n) is 4.52. The molecule has 1 aromatic rings. The van der Waals surface area contributed by atoms with Gasteiger partial charge in [0.2, 0.25) is 0 Å². The molecule has 1 aromatic carbocycles. The van der Waals surface area contributed by atoms with E-state index >= 15 is 0 Å². The van der Waals surface area contributed by atoms with E-state index in [2.05, 4.69) is 43.1 Å². The number of fused-ring (bicyclic) bond motifs is 1. The first-order valence-electron chi connectivity index (χ1n) is 8.93. The molecule has 0 bridgehead atoms. The molecule has 0 spiro atoms. The van der Waals surface area contributed by atoms with Crippen LogP contribution in [0.4, 0.5) is 0 Å². The molecule has 4 nitrogen and oxygen atoms in total. The lowest BCUT2D eigenvalue weighted by molar-refractivity contribution is 0.292. The third-order valence-corrected chi connectivity index (χ3v) is 4.52. The first-order chi connectivity index (χ1) is 12.7. The van der Waals surface area contributed by atoms with Gasteiger partial charge in [0.25, 0.3) is 0 Å². The minimum atomic E-state index is 0.158. The second-order valence-electron chi connectivity index (χ2n) is 6.13. The maximum Gasteiger partial charge on any atom is 0.164 e. The maximum atomic E-state index is 8.74. The maximum absolute atomic E-state index is 8.74. The zero-order valence-electron chi connectivity index (χ0n) is 16.0. The molecule has 26 heavy (non-hydrogen) atoms. The van der Waals surface area contributed by atoms with E-state index in [-0.39, 0.29) is 6.61 Å². The van der Waals surface area contributed by atoms with E-state index < -0.39 is 0 Å². The van der Waals surface area contributed by atoms with Crippen LogP contribution in [0.2, 0.25) is 0 Å². The Morgan fingerprint density at radius 1 is 1.08 bits per heavy atom. The van der Waals surface area contributed by atoms with Crippen LogP contribution in [0.1, 0.15) is 16.7 Å². The van der Waals surface area contributed by atoms with Crippen LogP contribution in [0.3, 0.4) is 0 Å². The Labute approximate surface area is 156 Å². The van der Waals surface area contributed by atoms with Gasteiger partial charge >= 0.3 is 0 Å². The topological polar surface area (TPSA) is 50.7 Å². The fourth-order valence-electron chi connectivity index (χ4n) is 3.05. The molecule has 0 saturated carbocycles. The van der Waals surface area contributed by atoms with Gasteiger partial charge in [-0.05, 0) is 54.6 Å². The van der Waals surface area contributed by atoms with Crippen molar-refractivity contribution in [2.24, 2.45) is 0 Å². The number of rotatable bonds is 9. The molecule has 0 radical (unpaired) electrons. The molecule has 0 heterocycles. The molecule has 0 aliphatic heterocycles. The van der Waals surface area contributed by atoms with Gasteiger partial charge in [0, 0.05) is 12.1 Å². The zero-order chi connectivity index (χ0) is 18.9. The number of aryl methyl sites for hydroxylation is 1. The number of methoxy groups -OCH3 is 2. The van der Waals surface area contributed by atoms with Gasteiger partial charge in [0.15, 0.2) is 11.5 Å². The van der Waals surface area contributed by atoms with Crippen molar-refractivity contribution in [3.05, 3.63) is 59.7 Å². The monoisotopic (exact) mass is 355 g/mol. The number of allylic oxidation sites excluding steroid dienone is 1. The normalized spacial score (nSPS) is 10.6. The standard InChI is InChI=1S/C15H23NO3.C7H6/c1-4-5-13-12(8-9-16-10-11-17)6-7-14(18-2)15(13)19-3;1-5-6-3-2-4-7(5)6/h4,6-7,16-17H,1,5,8-11H2,2-3H3;2-4H,1H3. The summed E-state index contributed by atoms with van der Waals surface area (Å²) >= 11 is 0. The number of ether oxygens (including phenoxy) is 2. The smallest absolute Gasteiger partial charge is 0.164 e. The predicted molar refractivity (Wildman–Crippen MR) is 107 cm³/mol. The molecule has 0 fully saturated rings. The summed E-state index contributed by atoms with van der Waals surface area (Å²) in [5, 5.41) is 11.9. The molecule has 2 aliphatic carbocycles. The SMILES string of the molecule is C=CCc1c(CCNCCO)ccc(OC)c1OC.Cc1c2cccc1-2. The molecule has 0 unspecified atom stereocenters. The number of nitrogens with one attached hydrogen (secondary N) is 1. The van der Waals surface area contributed by atoms with Gasteiger partial charge in [-0.1, -0.05) is 30.3 Å². The van der Waals surface area contributed by atoms with Crippen LogP contribution in [0.15, 0.2) is 43.0 Å². The molecule has 140 valence electrons. The minimum Gasteiger partial charge on any atom is -0.493 e. The summed E-state index contributed by atoms with van der Waals surface area (Å²) in [6, 6.07) is 10.4. The van der Waals surface area contributed by atoms with E-state index in [1.807, 2.05) is 12.1 Å². The highest BCUT2D eigenvalue weighted by molar-refractivity contribution is 5.88. The summed E-state index contributed by atoms with van der Waals surface area (Å²) in [5.41, 5.74) is 6.76. The predicted octanol–water partition coefficient (Wildman–Crippen LogP) is 3.53. The van der Waals surface area contributed by atoms with Gasteiger partial charge < -0.3 is 19.9 Å². The summed E-state index contributed by atoms with van der Waals surface area (Å²) in [7, 11) is 3.29. The van der Waals surface area contributed by atoms with Crippen LogP contribution in [-0.4, -0.2) is 39.0 Å². The summed E-state index contributed by atoms with van der Waals surface area (Å²) in [6.45, 7) is 7.54. The van der Waals surface area contributed by atoms with E-state index in [4.69, 9.17) is 14.6 Å². The number of benzene rings is 2. The molecule has 3 rings (SSSR count). The van der Waals surface area contributed by atoms with Gasteiger partial charge in [-0.15, -0.1) is 6.58 Å². The number of aliphatic hydroxyl groups is 1. The Bertz CT molecular complexity index is 720. The minimum absolute atomic E-state index is 0.158. The largest absolute Gasteiger partial charge is 0.493 e. The van der Waals surface area contributed by atoms with E-state index in [0.717, 1.165) is 36.4 Å². The number of aliphatic hydroxyl groups excluding tert-OH is 1. The van der Waals surface area contributed by atoms with E-state index in [1.165, 1.54) is 22.3 Å². The van der Waals surface area contributed by atoms with Crippen LogP contribution >= 0.6 is 0 Å². The molecule has 2 aliphatic rings. The van der Waals surface area contributed by atoms with Crippen LogP contribution < -0.4 is 14.8 Å². The van der Waals surface area contributed by atoms with Crippen molar-refractivity contribution in [1.29, 1.82) is 0 Å². The second-order valence-corrected chi connectivity index (χ2v) is 6.13. The van der Waals surface area contributed by atoms with Crippen molar-refractivity contribution in [3.63, 3.8) is 0 Å². The van der Waals surface area contributed by atoms with Crippen molar-refractivity contribution in [2.75, 3.05) is 33.9 Å². The van der Waals surface area contributed by atoms with E-state index in [0.29, 0.717) is 6.54 Å². The number of hydrogen-bond acceptors (Lipinski definition) is 4. The van der Waals surface area contributed by atoms with Crippen molar-refractivity contribution < 1.29 is 14.6 Å². The Hall–Kier alpha value is -2.30. The molecule has 0 amide bonds. The molecule has 0 saturated heterocycles. The van der Waals surface area contributed by atoms with Gasteiger partial charge in [-0.25, -0.2) is 0 Å². The van der Waals surface area contributed by atoms with Crippen molar-refractivity contribution in [1.82, 2.24) is 5.32 Å². The van der Waals surface area contributed by atoms with Crippen LogP contribution in [0, 0.1) is 6.92 Å². The molecular formula is C22H29NO3. The molecule has 0 atom stereocenters. The Kier molecular flexibility index (Phi) is 7.70. The Morgan fingerprint density at radius 2 is 1.81 bits per heavy atom. The molecular weight excluding hydrogens is 326 g/mol. The summed E-state index contributed by atoms with van der Waals surface area (Å²) < 4.78 is 10.8. The average Bonchev–Trinajstić information content (AvgIpc) is 3.06. The summed E-state index contributed by atoms with van der Waals surface area (Å²) in [6.07, 6.45) is 3.49.